The Kier molecular flexibility index (Phi) is 4.34. The molecule has 0 aliphatic rings. The molecule has 0 spiro atoms. The van der Waals surface area contributed by atoms with Crippen LogP contribution in [0.2, 0.25) is 18.1 Å². The molecule has 0 amide bonds. The molecule has 0 fully saturated rings. The minimum absolute atomic E-state index is 0.156. The summed E-state index contributed by atoms with van der Waals surface area (Å²) < 4.78 is 7.42. The lowest BCUT2D eigenvalue weighted by Gasteiger charge is -2.36. The Bertz CT molecular complexity index is 511. The van der Waals surface area contributed by atoms with Crippen LogP contribution in [0.5, 0.6) is 0 Å². The standard InChI is InChI=1S/C12H22N2O3Si/c1-12(2,3)18(4,5)17-9-8-14-7-6-10(15)13-11(14)16/h6-7H,8-9H2,1-5H3,(H,13,15,16). The lowest BCUT2D eigenvalue weighted by Crippen LogP contribution is -2.42. The predicted octanol–water partition coefficient (Wildman–Crippen LogP) is 1.56. The first-order chi connectivity index (χ1) is 8.13. The van der Waals surface area contributed by atoms with Gasteiger partial charge in [0.2, 0.25) is 0 Å². The number of nitrogens with one attached hydrogen (secondary N) is 1. The van der Waals surface area contributed by atoms with Gasteiger partial charge >= 0.3 is 5.69 Å². The maximum absolute atomic E-state index is 11.5. The van der Waals surface area contributed by atoms with E-state index in [-0.39, 0.29) is 16.3 Å². The summed E-state index contributed by atoms with van der Waals surface area (Å²) >= 11 is 0. The average Bonchev–Trinajstić information content (AvgIpc) is 2.19. The molecule has 0 aliphatic heterocycles. The van der Waals surface area contributed by atoms with E-state index in [2.05, 4.69) is 38.8 Å². The molecule has 0 aromatic carbocycles. The van der Waals surface area contributed by atoms with E-state index in [0.717, 1.165) is 0 Å². The number of hydrogen-bond acceptors (Lipinski definition) is 3. The van der Waals surface area contributed by atoms with Crippen molar-refractivity contribution >= 4 is 8.32 Å². The number of H-pyrrole nitrogens is 1. The first kappa shape index (κ1) is 14.9. The molecule has 1 heterocycles. The largest absolute Gasteiger partial charge is 0.415 e. The third kappa shape index (κ3) is 3.68. The Hall–Kier alpha value is -1.14. The van der Waals surface area contributed by atoms with Gasteiger partial charge in [-0.15, -0.1) is 0 Å². The Morgan fingerprint density at radius 2 is 1.94 bits per heavy atom. The molecule has 0 radical (unpaired) electrons. The molecule has 0 saturated carbocycles. The van der Waals surface area contributed by atoms with Gasteiger partial charge < -0.3 is 4.43 Å². The molecular weight excluding hydrogens is 248 g/mol. The van der Waals surface area contributed by atoms with Crippen LogP contribution in [-0.4, -0.2) is 24.5 Å². The van der Waals surface area contributed by atoms with Gasteiger partial charge in [-0.05, 0) is 18.1 Å². The molecule has 0 saturated heterocycles. The SMILES string of the molecule is CC(C)(C)[Si](C)(C)OCCn1ccc(=O)[nH]c1=O. The molecular formula is C12H22N2O3Si. The zero-order valence-electron chi connectivity index (χ0n) is 11.7. The van der Waals surface area contributed by atoms with Gasteiger partial charge in [0.05, 0.1) is 6.61 Å². The van der Waals surface area contributed by atoms with Gasteiger partial charge in [0.25, 0.3) is 5.56 Å². The molecule has 6 heteroatoms. The highest BCUT2D eigenvalue weighted by Crippen LogP contribution is 2.36. The van der Waals surface area contributed by atoms with Crippen molar-refractivity contribution in [3.63, 3.8) is 0 Å². The van der Waals surface area contributed by atoms with Crippen LogP contribution in [0.15, 0.2) is 21.9 Å². The van der Waals surface area contributed by atoms with Crippen LogP contribution in [0.4, 0.5) is 0 Å². The number of rotatable bonds is 4. The quantitative estimate of drug-likeness (QED) is 0.844. The van der Waals surface area contributed by atoms with Crippen molar-refractivity contribution in [2.24, 2.45) is 0 Å². The molecule has 1 aromatic rings. The summed E-state index contributed by atoms with van der Waals surface area (Å²) in [6.45, 7) is 11.8. The van der Waals surface area contributed by atoms with Crippen molar-refractivity contribution < 1.29 is 4.43 Å². The fourth-order valence-electron chi connectivity index (χ4n) is 1.24. The zero-order chi connectivity index (χ0) is 14.0. The van der Waals surface area contributed by atoms with Crippen LogP contribution < -0.4 is 11.2 Å². The van der Waals surface area contributed by atoms with E-state index in [1.54, 1.807) is 0 Å². The summed E-state index contributed by atoms with van der Waals surface area (Å²) in [6.07, 6.45) is 1.50. The highest BCUT2D eigenvalue weighted by Gasteiger charge is 2.36. The van der Waals surface area contributed by atoms with Crippen molar-refractivity contribution in [3.05, 3.63) is 33.1 Å². The summed E-state index contributed by atoms with van der Waals surface area (Å²) in [5.41, 5.74) is -0.761. The van der Waals surface area contributed by atoms with Crippen LogP contribution in [0.25, 0.3) is 0 Å². The molecule has 1 rings (SSSR count). The zero-order valence-corrected chi connectivity index (χ0v) is 12.7. The fraction of sp³-hybridized carbons (Fsp3) is 0.667. The second-order valence-corrected chi connectivity index (χ2v) is 10.7. The maximum Gasteiger partial charge on any atom is 0.328 e. The smallest absolute Gasteiger partial charge is 0.328 e. The molecule has 0 bridgehead atoms. The van der Waals surface area contributed by atoms with Crippen molar-refractivity contribution in [1.29, 1.82) is 0 Å². The molecule has 5 nitrogen and oxygen atoms in total. The normalized spacial score (nSPS) is 12.7. The van der Waals surface area contributed by atoms with E-state index in [1.165, 1.54) is 16.8 Å². The van der Waals surface area contributed by atoms with Crippen LogP contribution in [0, 0.1) is 0 Å². The lowest BCUT2D eigenvalue weighted by atomic mass is 10.2. The van der Waals surface area contributed by atoms with Crippen molar-refractivity contribution in [1.82, 2.24) is 9.55 Å². The topological polar surface area (TPSA) is 64.1 Å². The Balaban J connectivity index is 2.62. The fourth-order valence-corrected chi connectivity index (χ4v) is 2.27. The van der Waals surface area contributed by atoms with E-state index in [0.29, 0.717) is 13.2 Å². The van der Waals surface area contributed by atoms with Crippen molar-refractivity contribution in [2.75, 3.05) is 6.61 Å². The Morgan fingerprint density at radius 3 is 2.44 bits per heavy atom. The number of nitrogens with zero attached hydrogens (tertiary/aromatic N) is 1. The monoisotopic (exact) mass is 270 g/mol. The molecule has 0 aliphatic carbocycles. The third-order valence-electron chi connectivity index (χ3n) is 3.50. The van der Waals surface area contributed by atoms with E-state index in [9.17, 15) is 9.59 Å². The number of aromatic amines is 1. The van der Waals surface area contributed by atoms with E-state index < -0.39 is 8.32 Å². The summed E-state index contributed by atoms with van der Waals surface area (Å²) in [4.78, 5) is 24.6. The van der Waals surface area contributed by atoms with Gasteiger partial charge in [-0.25, -0.2) is 4.79 Å². The second-order valence-electron chi connectivity index (χ2n) is 5.91. The van der Waals surface area contributed by atoms with Gasteiger partial charge in [-0.2, -0.15) is 0 Å². The summed E-state index contributed by atoms with van der Waals surface area (Å²) in [5, 5.41) is 0.156. The summed E-state index contributed by atoms with van der Waals surface area (Å²) in [7, 11) is -1.77. The lowest BCUT2D eigenvalue weighted by molar-refractivity contribution is 0.269. The van der Waals surface area contributed by atoms with Gasteiger partial charge in [-0.1, -0.05) is 20.8 Å². The second kappa shape index (κ2) is 5.24. The van der Waals surface area contributed by atoms with Crippen LogP contribution in [0.1, 0.15) is 20.8 Å². The maximum atomic E-state index is 11.5. The summed E-state index contributed by atoms with van der Waals surface area (Å²) in [5.74, 6) is 0. The Morgan fingerprint density at radius 1 is 1.33 bits per heavy atom. The van der Waals surface area contributed by atoms with Crippen molar-refractivity contribution in [3.8, 4) is 0 Å². The van der Waals surface area contributed by atoms with Gasteiger partial charge in [0.1, 0.15) is 0 Å². The summed E-state index contributed by atoms with van der Waals surface area (Å²) in [6, 6.07) is 1.34. The van der Waals surface area contributed by atoms with E-state index >= 15 is 0 Å². The van der Waals surface area contributed by atoms with Crippen LogP contribution >= 0.6 is 0 Å². The van der Waals surface area contributed by atoms with Crippen LogP contribution in [0.3, 0.4) is 0 Å². The highest BCUT2D eigenvalue weighted by atomic mass is 28.4. The van der Waals surface area contributed by atoms with E-state index in [1.807, 2.05) is 0 Å². The van der Waals surface area contributed by atoms with Crippen molar-refractivity contribution in [2.45, 2.75) is 45.4 Å². The molecule has 0 unspecified atom stereocenters. The molecule has 1 N–H and O–H groups in total. The van der Waals surface area contributed by atoms with E-state index in [4.69, 9.17) is 4.43 Å². The van der Waals surface area contributed by atoms with Gasteiger partial charge in [0, 0.05) is 18.8 Å². The Labute approximate surface area is 108 Å². The molecule has 102 valence electrons. The highest BCUT2D eigenvalue weighted by molar-refractivity contribution is 6.74. The van der Waals surface area contributed by atoms with Gasteiger partial charge in [0.15, 0.2) is 8.32 Å². The van der Waals surface area contributed by atoms with Crippen LogP contribution in [-0.2, 0) is 11.0 Å². The first-order valence-corrected chi connectivity index (χ1v) is 8.98. The predicted molar refractivity (Wildman–Crippen MR) is 74.5 cm³/mol. The third-order valence-corrected chi connectivity index (χ3v) is 8.04. The first-order valence-electron chi connectivity index (χ1n) is 6.07. The molecule has 18 heavy (non-hydrogen) atoms. The minimum Gasteiger partial charge on any atom is -0.415 e. The molecule has 1 aromatic heterocycles. The number of aromatic nitrogens is 2. The van der Waals surface area contributed by atoms with Gasteiger partial charge in [-0.3, -0.25) is 14.3 Å². The average molecular weight is 270 g/mol. The number of hydrogen-bond donors (Lipinski definition) is 1. The molecule has 0 atom stereocenters. The minimum atomic E-state index is -1.77.